The molecule has 4 aromatic heterocycles. The van der Waals surface area contributed by atoms with E-state index < -0.39 is 82.2 Å². The summed E-state index contributed by atoms with van der Waals surface area (Å²) in [6.45, 7) is -6.06. The number of aromatic nitrogens is 8. The lowest BCUT2D eigenvalue weighted by molar-refractivity contribution is -0.217. The van der Waals surface area contributed by atoms with Crippen molar-refractivity contribution in [3.8, 4) is 0 Å². The zero-order valence-corrected chi connectivity index (χ0v) is 25.0. The van der Waals surface area contributed by atoms with Gasteiger partial charge in [-0.05, 0) is 0 Å². The molecule has 10 atom stereocenters. The minimum Gasteiger partial charge on any atom is -0.780 e. The number of H-pyrrole nitrogens is 1. The number of hydrogen-bond donors (Lipinski definition) is 3. The summed E-state index contributed by atoms with van der Waals surface area (Å²) in [7, 11) is 1.16. The molecule has 0 spiro atoms. The van der Waals surface area contributed by atoms with Gasteiger partial charge in [0.2, 0.25) is 13.5 Å². The monoisotopic (exact) mass is 687 g/mol. The first-order chi connectivity index (χ1) is 21.3. The van der Waals surface area contributed by atoms with Crippen LogP contribution in [0.2, 0.25) is 0 Å². The van der Waals surface area contributed by atoms with Crippen LogP contribution in [0.4, 0.5) is 20.5 Å². The number of halogens is 2. The summed E-state index contributed by atoms with van der Waals surface area (Å²) in [5, 5.41) is 0. The van der Waals surface area contributed by atoms with Gasteiger partial charge in [-0.2, -0.15) is 4.98 Å². The number of nitrogen functional groups attached to an aromatic ring is 2. The SMILES string of the molecule is [B][P@]1(=O)OC[C@H]2O[C@@H](n3cnc4c(N)ncnc43)[C@@H](F)C2OP([O-])(=S)OC[C@H]2O[C@@H](n3cnc4c(=O)[nH]c(N)nc43)C(F)[C@H]2O1. The van der Waals surface area contributed by atoms with Crippen molar-refractivity contribution in [3.05, 3.63) is 29.3 Å². The third-order valence-electron chi connectivity index (χ3n) is 7.25. The van der Waals surface area contributed by atoms with Gasteiger partial charge in [-0.15, -0.1) is 0 Å². The number of nitrogens with two attached hydrogens (primary N) is 2. The van der Waals surface area contributed by atoms with Crippen LogP contribution in [-0.4, -0.2) is 96.6 Å². The largest absolute Gasteiger partial charge is 0.780 e. The second-order valence-corrected chi connectivity index (χ2v) is 14.3. The molecule has 7 rings (SSSR count). The molecule has 0 aliphatic carbocycles. The van der Waals surface area contributed by atoms with E-state index in [1.54, 1.807) is 0 Å². The predicted molar refractivity (Wildman–Crippen MR) is 149 cm³/mol. The number of hydrogen-bond acceptors (Lipinski definition) is 17. The molecule has 2 radical (unpaired) electrons. The van der Waals surface area contributed by atoms with Crippen molar-refractivity contribution in [1.82, 2.24) is 39.0 Å². The molecule has 19 nitrogen and oxygen atoms in total. The number of imidazole rings is 2. The number of aromatic amines is 1. The molecule has 4 aromatic rings. The highest BCUT2D eigenvalue weighted by Gasteiger charge is 2.53. The van der Waals surface area contributed by atoms with E-state index in [2.05, 4.69) is 29.9 Å². The van der Waals surface area contributed by atoms with Crippen LogP contribution < -0.4 is 21.9 Å². The topological polar surface area (TPSA) is 255 Å². The van der Waals surface area contributed by atoms with Gasteiger partial charge in [-0.1, -0.05) is 11.8 Å². The van der Waals surface area contributed by atoms with Crippen molar-refractivity contribution in [3.63, 3.8) is 0 Å². The number of rotatable bonds is 2. The lowest BCUT2D eigenvalue weighted by Crippen LogP contribution is -2.38. The summed E-state index contributed by atoms with van der Waals surface area (Å²) in [5.41, 5.74) is 10.7. The van der Waals surface area contributed by atoms with Crippen molar-refractivity contribution in [2.24, 2.45) is 0 Å². The van der Waals surface area contributed by atoms with Crippen molar-refractivity contribution in [2.75, 3.05) is 24.7 Å². The van der Waals surface area contributed by atoms with E-state index in [1.807, 2.05) is 0 Å². The highest BCUT2D eigenvalue weighted by atomic mass is 32.5. The average Bonchev–Trinajstić information content (AvgIpc) is 3.72. The lowest BCUT2D eigenvalue weighted by Gasteiger charge is -2.35. The van der Waals surface area contributed by atoms with Gasteiger partial charge in [-0.3, -0.25) is 23.5 Å². The zero-order valence-electron chi connectivity index (χ0n) is 22.4. The third kappa shape index (κ3) is 5.45. The first-order valence-electron chi connectivity index (χ1n) is 12.9. The Balaban J connectivity index is 1.17. The van der Waals surface area contributed by atoms with E-state index >= 15 is 8.78 Å². The molecule has 25 heteroatoms. The molecular weight excluding hydrogens is 667 g/mol. The number of nitrogens with zero attached hydrogens (tertiary/aromatic N) is 7. The summed E-state index contributed by atoms with van der Waals surface area (Å²) < 4.78 is 80.3. The number of nitrogens with one attached hydrogen (secondary N) is 1. The summed E-state index contributed by atoms with van der Waals surface area (Å²) in [6, 6.07) is 0. The summed E-state index contributed by atoms with van der Waals surface area (Å²) in [6.07, 6.45) is -10.3. The molecule has 7 heterocycles. The van der Waals surface area contributed by atoms with Crippen molar-refractivity contribution in [1.29, 1.82) is 0 Å². The Bertz CT molecular complexity index is 1950. The van der Waals surface area contributed by atoms with Crippen LogP contribution >= 0.6 is 14.2 Å². The van der Waals surface area contributed by atoms with Gasteiger partial charge in [-0.25, -0.2) is 28.7 Å². The average molecular weight is 687 g/mol. The highest BCUT2D eigenvalue weighted by Crippen LogP contribution is 2.53. The highest BCUT2D eigenvalue weighted by molar-refractivity contribution is 8.06. The van der Waals surface area contributed by atoms with Gasteiger partial charge in [0.1, 0.15) is 43.0 Å². The molecular formula is C20H20BF2N10O9P2S-. The van der Waals surface area contributed by atoms with Crippen LogP contribution in [-0.2, 0) is 43.9 Å². The number of fused-ring (bicyclic) bond motifs is 4. The van der Waals surface area contributed by atoms with Crippen LogP contribution in [0.5, 0.6) is 0 Å². The molecule has 0 saturated carbocycles. The molecule has 238 valence electrons. The molecule has 0 aromatic carbocycles. The van der Waals surface area contributed by atoms with Gasteiger partial charge in [0.15, 0.2) is 47.4 Å². The maximum Gasteiger partial charge on any atom is 0.280 e. The van der Waals surface area contributed by atoms with Gasteiger partial charge in [0.25, 0.3) is 13.0 Å². The fraction of sp³-hybridized carbons (Fsp3) is 0.500. The second-order valence-electron chi connectivity index (χ2n) is 10.1. The molecule has 0 amide bonds. The van der Waals surface area contributed by atoms with E-state index in [4.69, 9.17) is 58.4 Å². The number of anilines is 2. The first-order valence-corrected chi connectivity index (χ1v) is 17.1. The summed E-state index contributed by atoms with van der Waals surface area (Å²) >= 11 is 5.01. The van der Waals surface area contributed by atoms with Gasteiger partial charge >= 0.3 is 0 Å². The van der Waals surface area contributed by atoms with Gasteiger partial charge in [0.05, 0.1) is 25.9 Å². The second kappa shape index (κ2) is 11.1. The minimum atomic E-state index is -4.64. The molecule has 5 N–H and O–H groups in total. The predicted octanol–water partition coefficient (Wildman–Crippen LogP) is -0.726. The Morgan fingerprint density at radius 1 is 0.956 bits per heavy atom. The molecule has 3 saturated heterocycles. The van der Waals surface area contributed by atoms with Gasteiger partial charge < -0.3 is 43.9 Å². The van der Waals surface area contributed by atoms with E-state index in [-0.39, 0.29) is 34.1 Å². The molecule has 3 unspecified atom stereocenters. The number of ether oxygens (including phenoxy) is 2. The van der Waals surface area contributed by atoms with Crippen molar-refractivity contribution >= 4 is 67.7 Å². The van der Waals surface area contributed by atoms with Crippen molar-refractivity contribution < 1.29 is 45.8 Å². The molecule has 3 fully saturated rings. The zero-order chi connectivity index (χ0) is 31.8. The molecule has 0 bridgehead atoms. The Hall–Kier alpha value is -2.98. The maximum atomic E-state index is 16.0. The van der Waals surface area contributed by atoms with Crippen LogP contribution in [0.15, 0.2) is 23.8 Å². The molecule has 45 heavy (non-hydrogen) atoms. The Kier molecular flexibility index (Phi) is 7.55. The summed E-state index contributed by atoms with van der Waals surface area (Å²) in [4.78, 5) is 47.6. The van der Waals surface area contributed by atoms with Gasteiger partial charge in [0, 0.05) is 0 Å². The Labute approximate surface area is 255 Å². The number of alkyl halides is 2. The van der Waals surface area contributed by atoms with Crippen LogP contribution in [0.3, 0.4) is 0 Å². The first kappa shape index (κ1) is 30.7. The Morgan fingerprint density at radius 3 is 2.24 bits per heavy atom. The van der Waals surface area contributed by atoms with Crippen LogP contribution in [0.25, 0.3) is 22.3 Å². The third-order valence-corrected chi connectivity index (χ3v) is 9.84. The smallest absolute Gasteiger partial charge is 0.280 e. The lowest BCUT2D eigenvalue weighted by atomic mass is 10.1. The van der Waals surface area contributed by atoms with Crippen molar-refractivity contribution in [2.45, 2.75) is 49.2 Å². The van der Waals surface area contributed by atoms with E-state index in [9.17, 15) is 14.3 Å². The molecule has 3 aliphatic rings. The Morgan fingerprint density at radius 2 is 1.56 bits per heavy atom. The quantitative estimate of drug-likeness (QED) is 0.173. The normalized spacial score (nSPS) is 37.7. The van der Waals surface area contributed by atoms with Crippen LogP contribution in [0, 0.1) is 0 Å². The summed E-state index contributed by atoms with van der Waals surface area (Å²) in [5.74, 6) is -0.253. The molecule has 3 aliphatic heterocycles. The fourth-order valence-electron chi connectivity index (χ4n) is 5.26. The maximum absolute atomic E-state index is 16.0. The standard InChI is InChI=1S/C20H21BF2N10O9P2S/c21-43(35)37-1-6-13(9(23)18(39-6)32-4-28-10-14(24)26-3-27-15(10)32)42-44(36,45)38-2-7-12(41-43)8(22)19(40-7)33-5-29-11-16(33)30-20(25)31-17(11)34/h3-9,12-13,18-19H,1-2H2,(H,36,45)(H2,24,26,27)(H3,25,30,31,34)/p-1/t6-,7-,8?,9+,12+,13?,18-,19-,43+,44?/m1/s1. The van der Waals surface area contributed by atoms with E-state index in [1.165, 1.54) is 10.9 Å². The minimum absolute atomic E-state index is 0.0272. The van der Waals surface area contributed by atoms with E-state index in [0.29, 0.717) is 0 Å². The van der Waals surface area contributed by atoms with E-state index in [0.717, 1.165) is 17.2 Å². The van der Waals surface area contributed by atoms with Crippen LogP contribution in [0.1, 0.15) is 12.5 Å². The fourth-order valence-corrected chi connectivity index (χ4v) is 7.69.